The van der Waals surface area contributed by atoms with Crippen molar-refractivity contribution in [2.75, 3.05) is 31.6 Å². The maximum atomic E-state index is 12.6. The molecule has 1 aliphatic heterocycles. The van der Waals surface area contributed by atoms with Gasteiger partial charge in [0.15, 0.2) is 11.7 Å². The van der Waals surface area contributed by atoms with Gasteiger partial charge in [0.2, 0.25) is 0 Å². The average molecular weight is 409 g/mol. The third-order valence-corrected chi connectivity index (χ3v) is 5.19. The molecule has 1 aromatic carbocycles. The fourth-order valence-corrected chi connectivity index (χ4v) is 3.57. The number of guanidine groups is 1. The number of aromatic nitrogens is 1. The van der Waals surface area contributed by atoms with E-state index in [4.69, 9.17) is 0 Å². The lowest BCUT2D eigenvalue weighted by molar-refractivity contribution is -0.140. The van der Waals surface area contributed by atoms with Crippen LogP contribution in [0.2, 0.25) is 0 Å². The van der Waals surface area contributed by atoms with Crippen LogP contribution >= 0.6 is 11.3 Å². The van der Waals surface area contributed by atoms with Gasteiger partial charge in [-0.25, -0.2) is 4.98 Å². The average Bonchev–Trinajstić information content (AvgIpc) is 3.36. The van der Waals surface area contributed by atoms with E-state index in [-0.39, 0.29) is 0 Å². The molecule has 3 rings (SSSR count). The standard InChI is InChI=1S/C19H22F3N5S/c1-23-18(24-9-8-17-26-16(13-28-17)19(20,21)22)25-12-14-4-6-15(7-5-14)27-10-2-3-11-27/h2-7,13H,8-12H2,1H3,(H2,23,24,25). The topological polar surface area (TPSA) is 52.6 Å². The monoisotopic (exact) mass is 409 g/mol. The maximum Gasteiger partial charge on any atom is 0.434 e. The van der Waals surface area contributed by atoms with Crippen LogP contribution in [0.25, 0.3) is 0 Å². The van der Waals surface area contributed by atoms with Crippen molar-refractivity contribution in [3.05, 3.63) is 58.1 Å². The van der Waals surface area contributed by atoms with E-state index in [1.165, 1.54) is 5.69 Å². The van der Waals surface area contributed by atoms with Crippen molar-refractivity contribution < 1.29 is 13.2 Å². The fraction of sp³-hybridized carbons (Fsp3) is 0.368. The molecule has 0 radical (unpaired) electrons. The lowest BCUT2D eigenvalue weighted by atomic mass is 10.2. The number of benzene rings is 1. The molecule has 0 fully saturated rings. The molecule has 0 amide bonds. The van der Waals surface area contributed by atoms with E-state index in [0.717, 1.165) is 35.4 Å². The van der Waals surface area contributed by atoms with Crippen LogP contribution in [0.15, 0.2) is 46.8 Å². The SMILES string of the molecule is CN=C(NCCc1nc(C(F)(F)F)cs1)NCc1ccc(N2CC=CC2)cc1. The van der Waals surface area contributed by atoms with Crippen LogP contribution in [0.3, 0.4) is 0 Å². The van der Waals surface area contributed by atoms with Gasteiger partial charge in [0.05, 0.1) is 5.01 Å². The number of rotatable bonds is 6. The molecule has 28 heavy (non-hydrogen) atoms. The first kappa shape index (κ1) is 20.2. The molecular weight excluding hydrogens is 387 g/mol. The molecule has 2 heterocycles. The summed E-state index contributed by atoms with van der Waals surface area (Å²) in [5.74, 6) is 0.598. The summed E-state index contributed by atoms with van der Waals surface area (Å²) in [5.41, 5.74) is 1.48. The number of nitrogens with one attached hydrogen (secondary N) is 2. The van der Waals surface area contributed by atoms with Crippen LogP contribution in [-0.2, 0) is 19.1 Å². The summed E-state index contributed by atoms with van der Waals surface area (Å²) >= 11 is 1.02. The molecule has 0 atom stereocenters. The Morgan fingerprint density at radius 3 is 2.50 bits per heavy atom. The van der Waals surface area contributed by atoms with Gasteiger partial charge in [0.25, 0.3) is 0 Å². The van der Waals surface area contributed by atoms with Gasteiger partial charge in [-0.2, -0.15) is 13.2 Å². The zero-order valence-corrected chi connectivity index (χ0v) is 16.3. The molecule has 0 spiro atoms. The van der Waals surface area contributed by atoms with E-state index in [1.54, 1.807) is 7.05 Å². The number of anilines is 1. The molecule has 2 aromatic rings. The molecule has 5 nitrogen and oxygen atoms in total. The second kappa shape index (κ2) is 9.09. The molecular formula is C19H22F3N5S. The van der Waals surface area contributed by atoms with Crippen LogP contribution in [0.5, 0.6) is 0 Å². The number of hydrogen-bond acceptors (Lipinski definition) is 4. The summed E-state index contributed by atoms with van der Waals surface area (Å²) in [5, 5.41) is 7.80. The minimum Gasteiger partial charge on any atom is -0.364 e. The Bertz CT molecular complexity index is 819. The highest BCUT2D eigenvalue weighted by molar-refractivity contribution is 7.09. The summed E-state index contributed by atoms with van der Waals surface area (Å²) < 4.78 is 37.7. The van der Waals surface area contributed by atoms with Gasteiger partial charge in [0, 0.05) is 50.7 Å². The van der Waals surface area contributed by atoms with Crippen LogP contribution < -0.4 is 15.5 Å². The zero-order chi connectivity index (χ0) is 20.0. The molecule has 150 valence electrons. The van der Waals surface area contributed by atoms with Crippen molar-refractivity contribution in [1.82, 2.24) is 15.6 Å². The highest BCUT2D eigenvalue weighted by Crippen LogP contribution is 2.30. The molecule has 0 saturated heterocycles. The number of alkyl halides is 3. The minimum absolute atomic E-state index is 0.403. The number of thiazole rings is 1. The van der Waals surface area contributed by atoms with Crippen LogP contribution in [0, 0.1) is 0 Å². The molecule has 0 bridgehead atoms. The van der Waals surface area contributed by atoms with Crippen LogP contribution in [0.1, 0.15) is 16.3 Å². The van der Waals surface area contributed by atoms with E-state index in [0.29, 0.717) is 30.5 Å². The molecule has 1 aromatic heterocycles. The molecule has 1 aliphatic rings. The molecule has 0 aliphatic carbocycles. The number of hydrogen-bond donors (Lipinski definition) is 2. The van der Waals surface area contributed by atoms with Gasteiger partial charge in [-0.15, -0.1) is 11.3 Å². The number of nitrogens with zero attached hydrogens (tertiary/aromatic N) is 3. The number of aliphatic imine (C=N–C) groups is 1. The Balaban J connectivity index is 1.42. The summed E-state index contributed by atoms with van der Waals surface area (Å²) in [6.07, 6.45) is 0.322. The van der Waals surface area contributed by atoms with Crippen molar-refractivity contribution in [2.45, 2.75) is 19.1 Å². The van der Waals surface area contributed by atoms with Gasteiger partial charge in [-0.05, 0) is 17.7 Å². The Labute approximate surface area is 166 Å². The van der Waals surface area contributed by atoms with Crippen LogP contribution in [-0.4, -0.2) is 37.6 Å². The highest BCUT2D eigenvalue weighted by atomic mass is 32.1. The van der Waals surface area contributed by atoms with E-state index >= 15 is 0 Å². The molecule has 0 unspecified atom stereocenters. The lowest BCUT2D eigenvalue weighted by Crippen LogP contribution is -2.37. The fourth-order valence-electron chi connectivity index (χ4n) is 2.76. The Kier molecular flexibility index (Phi) is 6.56. The summed E-state index contributed by atoms with van der Waals surface area (Å²) in [6.45, 7) is 2.94. The van der Waals surface area contributed by atoms with Crippen molar-refractivity contribution >= 4 is 23.0 Å². The smallest absolute Gasteiger partial charge is 0.364 e. The van der Waals surface area contributed by atoms with Gasteiger partial charge < -0.3 is 15.5 Å². The first-order chi connectivity index (χ1) is 13.5. The maximum absolute atomic E-state index is 12.6. The third-order valence-electron chi connectivity index (χ3n) is 4.28. The second-order valence-corrected chi connectivity index (χ2v) is 7.21. The Morgan fingerprint density at radius 1 is 1.18 bits per heavy atom. The zero-order valence-electron chi connectivity index (χ0n) is 15.5. The van der Waals surface area contributed by atoms with Gasteiger partial charge >= 0.3 is 6.18 Å². The predicted octanol–water partition coefficient (Wildman–Crippen LogP) is 3.45. The predicted molar refractivity (Wildman–Crippen MR) is 107 cm³/mol. The van der Waals surface area contributed by atoms with E-state index in [2.05, 4.69) is 61.9 Å². The number of halogens is 3. The highest BCUT2D eigenvalue weighted by Gasteiger charge is 2.33. The normalized spacial score (nSPS) is 14.6. The largest absolute Gasteiger partial charge is 0.434 e. The Hall–Kier alpha value is -2.55. The van der Waals surface area contributed by atoms with Crippen molar-refractivity contribution in [2.24, 2.45) is 4.99 Å². The van der Waals surface area contributed by atoms with Gasteiger partial charge in [-0.1, -0.05) is 24.3 Å². The van der Waals surface area contributed by atoms with Crippen molar-refractivity contribution in [1.29, 1.82) is 0 Å². The Morgan fingerprint density at radius 2 is 1.89 bits per heavy atom. The third kappa shape index (κ3) is 5.48. The minimum atomic E-state index is -4.39. The summed E-state index contributed by atoms with van der Waals surface area (Å²) in [6, 6.07) is 8.34. The molecule has 2 N–H and O–H groups in total. The molecule has 0 saturated carbocycles. The lowest BCUT2D eigenvalue weighted by Gasteiger charge is -2.18. The molecule has 9 heteroatoms. The second-order valence-electron chi connectivity index (χ2n) is 6.27. The quantitative estimate of drug-likeness (QED) is 0.436. The van der Waals surface area contributed by atoms with E-state index < -0.39 is 11.9 Å². The first-order valence-electron chi connectivity index (χ1n) is 8.90. The van der Waals surface area contributed by atoms with E-state index in [1.807, 2.05) is 0 Å². The van der Waals surface area contributed by atoms with Crippen LogP contribution in [0.4, 0.5) is 18.9 Å². The van der Waals surface area contributed by atoms with E-state index in [9.17, 15) is 13.2 Å². The summed E-state index contributed by atoms with van der Waals surface area (Å²) in [7, 11) is 1.66. The summed E-state index contributed by atoms with van der Waals surface area (Å²) in [4.78, 5) is 10.0. The van der Waals surface area contributed by atoms with Gasteiger partial charge in [-0.3, -0.25) is 4.99 Å². The van der Waals surface area contributed by atoms with Crippen molar-refractivity contribution in [3.8, 4) is 0 Å². The van der Waals surface area contributed by atoms with Crippen molar-refractivity contribution in [3.63, 3.8) is 0 Å². The van der Waals surface area contributed by atoms with Gasteiger partial charge in [0.1, 0.15) is 0 Å². The first-order valence-corrected chi connectivity index (χ1v) is 9.78.